The number of benzene rings is 1. The molecule has 0 radical (unpaired) electrons. The van der Waals surface area contributed by atoms with Gasteiger partial charge in [-0.05, 0) is 31.2 Å². The van der Waals surface area contributed by atoms with Crippen molar-refractivity contribution in [1.29, 1.82) is 0 Å². The quantitative estimate of drug-likeness (QED) is 0.751. The lowest BCUT2D eigenvalue weighted by Gasteiger charge is -2.25. The summed E-state index contributed by atoms with van der Waals surface area (Å²) in [5.74, 6) is 0. The number of para-hydroxylation sites is 1. The lowest BCUT2D eigenvalue weighted by Crippen LogP contribution is -2.37. The largest absolute Gasteiger partial charge is 0.328 e. The second-order valence-electron chi connectivity index (χ2n) is 4.06. The molecular formula is C16H20N2O. The molecule has 0 N–H and O–H groups in total. The Morgan fingerprint density at radius 3 is 2.37 bits per heavy atom. The van der Waals surface area contributed by atoms with Gasteiger partial charge in [-0.2, -0.15) is 0 Å². The summed E-state index contributed by atoms with van der Waals surface area (Å²) < 4.78 is 0. The van der Waals surface area contributed by atoms with E-state index in [1.54, 1.807) is 36.0 Å². The molecule has 0 saturated carbocycles. The first kappa shape index (κ1) is 14.8. The van der Waals surface area contributed by atoms with Gasteiger partial charge in [0.15, 0.2) is 0 Å². The van der Waals surface area contributed by atoms with E-state index in [2.05, 4.69) is 6.58 Å². The number of anilines is 1. The van der Waals surface area contributed by atoms with Crippen molar-refractivity contribution in [3.8, 4) is 0 Å². The van der Waals surface area contributed by atoms with Crippen molar-refractivity contribution >= 4 is 11.7 Å². The summed E-state index contributed by atoms with van der Waals surface area (Å²) in [6.45, 7) is 5.58. The summed E-state index contributed by atoms with van der Waals surface area (Å²) in [7, 11) is 3.51. The second kappa shape index (κ2) is 7.21. The van der Waals surface area contributed by atoms with Gasteiger partial charge in [0.25, 0.3) is 0 Å². The summed E-state index contributed by atoms with van der Waals surface area (Å²) in [6.07, 6.45) is 7.23. The Hall–Kier alpha value is -2.29. The highest BCUT2D eigenvalue weighted by molar-refractivity contribution is 5.92. The van der Waals surface area contributed by atoms with Crippen molar-refractivity contribution < 1.29 is 4.79 Å². The number of nitrogens with zero attached hydrogens (tertiary/aromatic N) is 2. The maximum atomic E-state index is 12.4. The summed E-state index contributed by atoms with van der Waals surface area (Å²) >= 11 is 0. The molecule has 100 valence electrons. The molecule has 2 amide bonds. The molecule has 1 rings (SSSR count). The van der Waals surface area contributed by atoms with E-state index in [-0.39, 0.29) is 6.03 Å². The molecular weight excluding hydrogens is 236 g/mol. The van der Waals surface area contributed by atoms with Crippen molar-refractivity contribution in [3.05, 3.63) is 66.9 Å². The summed E-state index contributed by atoms with van der Waals surface area (Å²) in [4.78, 5) is 15.6. The van der Waals surface area contributed by atoms with Gasteiger partial charge in [0.1, 0.15) is 0 Å². The molecule has 0 aliphatic rings. The first-order valence-electron chi connectivity index (χ1n) is 6.13. The van der Waals surface area contributed by atoms with Crippen LogP contribution in [0, 0.1) is 0 Å². The minimum absolute atomic E-state index is 0.0996. The minimum Gasteiger partial charge on any atom is -0.297 e. The Kier molecular flexibility index (Phi) is 5.61. The zero-order chi connectivity index (χ0) is 14.3. The van der Waals surface area contributed by atoms with E-state index >= 15 is 0 Å². The van der Waals surface area contributed by atoms with Crippen LogP contribution in [0.5, 0.6) is 0 Å². The molecule has 0 saturated heterocycles. The van der Waals surface area contributed by atoms with Gasteiger partial charge in [-0.1, -0.05) is 36.9 Å². The van der Waals surface area contributed by atoms with E-state index < -0.39 is 0 Å². The molecule has 0 bridgehead atoms. The number of carbonyl (C=O) groups is 1. The van der Waals surface area contributed by atoms with Crippen LogP contribution < -0.4 is 4.90 Å². The van der Waals surface area contributed by atoms with E-state index in [0.717, 1.165) is 11.4 Å². The van der Waals surface area contributed by atoms with Crippen LogP contribution in [0.15, 0.2) is 66.9 Å². The maximum Gasteiger partial charge on any atom is 0.328 e. The molecule has 0 aromatic heterocycles. The van der Waals surface area contributed by atoms with Crippen LogP contribution in [0.4, 0.5) is 10.5 Å². The van der Waals surface area contributed by atoms with Gasteiger partial charge < -0.3 is 0 Å². The smallest absolute Gasteiger partial charge is 0.297 e. The highest BCUT2D eigenvalue weighted by Crippen LogP contribution is 2.15. The average Bonchev–Trinajstić information content (AvgIpc) is 2.45. The van der Waals surface area contributed by atoms with Gasteiger partial charge in [0.2, 0.25) is 0 Å². The van der Waals surface area contributed by atoms with Gasteiger partial charge in [0, 0.05) is 25.5 Å². The van der Waals surface area contributed by atoms with Gasteiger partial charge >= 0.3 is 6.03 Å². The Bertz CT molecular complexity index is 489. The highest BCUT2D eigenvalue weighted by atomic mass is 16.2. The maximum absolute atomic E-state index is 12.4. The average molecular weight is 256 g/mol. The van der Waals surface area contributed by atoms with Crippen LogP contribution in [0.25, 0.3) is 0 Å². The molecule has 0 fully saturated rings. The second-order valence-corrected chi connectivity index (χ2v) is 4.06. The molecule has 1 aromatic rings. The Morgan fingerprint density at radius 1 is 1.21 bits per heavy atom. The fourth-order valence-electron chi connectivity index (χ4n) is 1.67. The van der Waals surface area contributed by atoms with Crippen LogP contribution in [-0.4, -0.2) is 25.0 Å². The van der Waals surface area contributed by atoms with E-state index in [1.807, 2.05) is 49.4 Å². The van der Waals surface area contributed by atoms with E-state index in [4.69, 9.17) is 0 Å². The number of rotatable bonds is 4. The number of hydrogen-bond donors (Lipinski definition) is 0. The minimum atomic E-state index is -0.0996. The van der Waals surface area contributed by atoms with Crippen molar-refractivity contribution in [3.63, 3.8) is 0 Å². The fraction of sp³-hybridized carbons (Fsp3) is 0.188. The molecule has 0 unspecified atom stereocenters. The topological polar surface area (TPSA) is 23.6 Å². The summed E-state index contributed by atoms with van der Waals surface area (Å²) in [5, 5.41) is 0. The number of likely N-dealkylation sites (N-methyl/N-ethyl adjacent to an activating group) is 1. The lowest BCUT2D eigenvalue weighted by molar-refractivity contribution is 0.228. The van der Waals surface area contributed by atoms with Gasteiger partial charge in [-0.25, -0.2) is 4.79 Å². The molecule has 1 aromatic carbocycles. The van der Waals surface area contributed by atoms with E-state index in [0.29, 0.717) is 0 Å². The predicted octanol–water partition coefficient (Wildman–Crippen LogP) is 3.82. The SMILES string of the molecule is C=C/C=C(\C=C/C)N(C)C(=O)N(C)c1ccccc1. The van der Waals surface area contributed by atoms with Crippen LogP contribution in [0.2, 0.25) is 0 Å². The van der Waals surface area contributed by atoms with E-state index in [9.17, 15) is 4.79 Å². The zero-order valence-electron chi connectivity index (χ0n) is 11.7. The summed E-state index contributed by atoms with van der Waals surface area (Å²) in [6, 6.07) is 9.44. The number of carbonyl (C=O) groups excluding carboxylic acids is 1. The van der Waals surface area contributed by atoms with Crippen LogP contribution in [0.1, 0.15) is 6.92 Å². The predicted molar refractivity (Wildman–Crippen MR) is 81.1 cm³/mol. The molecule has 0 spiro atoms. The third kappa shape index (κ3) is 3.85. The standard InChI is InChI=1S/C16H20N2O/c1-5-10-14(11-6-2)17(3)16(19)18(4)15-12-8-7-9-13-15/h5-13H,1H2,2-4H3/b11-6-,14-10+. The first-order chi connectivity index (χ1) is 9.11. The number of hydrogen-bond acceptors (Lipinski definition) is 1. The molecule has 3 nitrogen and oxygen atoms in total. The molecule has 19 heavy (non-hydrogen) atoms. The van der Waals surface area contributed by atoms with Crippen molar-refractivity contribution in [2.24, 2.45) is 0 Å². The van der Waals surface area contributed by atoms with Gasteiger partial charge in [-0.3, -0.25) is 9.80 Å². The molecule has 0 atom stereocenters. The monoisotopic (exact) mass is 256 g/mol. The lowest BCUT2D eigenvalue weighted by atomic mass is 10.3. The van der Waals surface area contributed by atoms with Crippen molar-refractivity contribution in [1.82, 2.24) is 4.90 Å². The molecule has 0 aliphatic heterocycles. The highest BCUT2D eigenvalue weighted by Gasteiger charge is 2.17. The van der Waals surface area contributed by atoms with Crippen molar-refractivity contribution in [2.75, 3.05) is 19.0 Å². The van der Waals surface area contributed by atoms with Gasteiger partial charge in [-0.15, -0.1) is 0 Å². The fourth-order valence-corrected chi connectivity index (χ4v) is 1.67. The normalized spacial score (nSPS) is 11.4. The van der Waals surface area contributed by atoms with Crippen LogP contribution >= 0.6 is 0 Å². The van der Waals surface area contributed by atoms with Gasteiger partial charge in [0.05, 0.1) is 0 Å². The Labute approximate surface area is 115 Å². The Morgan fingerprint density at radius 2 is 1.84 bits per heavy atom. The van der Waals surface area contributed by atoms with E-state index in [1.165, 1.54) is 0 Å². The van der Waals surface area contributed by atoms with Crippen molar-refractivity contribution in [2.45, 2.75) is 6.92 Å². The zero-order valence-corrected chi connectivity index (χ0v) is 11.7. The van der Waals surface area contributed by atoms with Crippen LogP contribution in [-0.2, 0) is 0 Å². The van der Waals surface area contributed by atoms with Crippen LogP contribution in [0.3, 0.4) is 0 Å². The number of allylic oxidation sites excluding steroid dienone is 4. The molecule has 3 heteroatoms. The first-order valence-corrected chi connectivity index (χ1v) is 6.13. The number of urea groups is 1. The summed E-state index contributed by atoms with van der Waals surface area (Å²) in [5.41, 5.74) is 1.66. The number of amides is 2. The Balaban J connectivity index is 2.93. The third-order valence-electron chi connectivity index (χ3n) is 2.73. The molecule has 0 heterocycles. The molecule has 0 aliphatic carbocycles. The third-order valence-corrected chi connectivity index (χ3v) is 2.73.